The number of hydrogen-bond donors (Lipinski definition) is 1. The predicted molar refractivity (Wildman–Crippen MR) is 67.3 cm³/mol. The summed E-state index contributed by atoms with van der Waals surface area (Å²) in [6.07, 6.45) is 0. The van der Waals surface area contributed by atoms with Gasteiger partial charge in [0.05, 0.1) is 18.6 Å². The van der Waals surface area contributed by atoms with Crippen molar-refractivity contribution in [2.24, 2.45) is 0 Å². The minimum atomic E-state index is -1.01. The highest BCUT2D eigenvalue weighted by molar-refractivity contribution is 5.65. The standard InChI is InChI=1S/C14H21NO3/c1-4-18-13-7-5-12(6-8-13)9-15(11(2)3)10-14(16)17/h5-8,11H,4,9-10H2,1-3H3,(H,16,17). The number of aliphatic carboxylic acids is 1. The molecule has 0 spiro atoms. The molecule has 0 aliphatic rings. The maximum atomic E-state index is 10.7. The smallest absolute Gasteiger partial charge is 0.119 e. The number of quaternary nitrogens is 1. The van der Waals surface area contributed by atoms with Crippen molar-refractivity contribution in [3.05, 3.63) is 29.8 Å². The molecule has 1 rings (SSSR count). The molecule has 1 unspecified atom stereocenters. The summed E-state index contributed by atoms with van der Waals surface area (Å²) in [5, 5.41) is 10.7. The zero-order valence-electron chi connectivity index (χ0n) is 11.2. The molecule has 0 heterocycles. The number of nitrogens with one attached hydrogen (secondary N) is 1. The van der Waals surface area contributed by atoms with E-state index in [1.54, 1.807) is 0 Å². The molecule has 0 saturated heterocycles. The molecule has 1 aromatic carbocycles. The van der Waals surface area contributed by atoms with Crippen LogP contribution in [0.5, 0.6) is 5.75 Å². The zero-order valence-corrected chi connectivity index (χ0v) is 11.2. The average molecular weight is 251 g/mol. The summed E-state index contributed by atoms with van der Waals surface area (Å²) in [6.45, 7) is 7.31. The SMILES string of the molecule is CCOc1ccc(C[NH+](CC(=O)[O-])C(C)C)cc1. The van der Waals surface area contributed by atoms with E-state index in [1.165, 1.54) is 0 Å². The third-order valence-electron chi connectivity index (χ3n) is 2.85. The largest absolute Gasteiger partial charge is 0.544 e. The maximum absolute atomic E-state index is 10.7. The highest BCUT2D eigenvalue weighted by Crippen LogP contribution is 2.11. The molecule has 100 valence electrons. The molecule has 0 bridgehead atoms. The van der Waals surface area contributed by atoms with Gasteiger partial charge in [0.15, 0.2) is 0 Å². The van der Waals surface area contributed by atoms with Crippen molar-refractivity contribution >= 4 is 5.97 Å². The first-order valence-corrected chi connectivity index (χ1v) is 6.29. The summed E-state index contributed by atoms with van der Waals surface area (Å²) >= 11 is 0. The van der Waals surface area contributed by atoms with E-state index in [2.05, 4.69) is 0 Å². The second-order valence-corrected chi connectivity index (χ2v) is 4.62. The zero-order chi connectivity index (χ0) is 13.5. The highest BCUT2D eigenvalue weighted by Gasteiger charge is 2.13. The minimum Gasteiger partial charge on any atom is -0.544 e. The Balaban J connectivity index is 2.65. The number of carboxylic acid groups (broad SMARTS) is 1. The average Bonchev–Trinajstić information content (AvgIpc) is 2.30. The van der Waals surface area contributed by atoms with Gasteiger partial charge >= 0.3 is 0 Å². The molecule has 0 aromatic heterocycles. The van der Waals surface area contributed by atoms with Crippen LogP contribution < -0.4 is 14.7 Å². The third kappa shape index (κ3) is 4.75. The van der Waals surface area contributed by atoms with Crippen LogP contribution in [0.3, 0.4) is 0 Å². The fraction of sp³-hybridized carbons (Fsp3) is 0.500. The van der Waals surface area contributed by atoms with Crippen molar-refractivity contribution in [1.29, 1.82) is 0 Å². The van der Waals surface area contributed by atoms with Crippen LogP contribution in [0, 0.1) is 0 Å². The van der Waals surface area contributed by atoms with E-state index in [-0.39, 0.29) is 12.6 Å². The number of ether oxygens (including phenoxy) is 1. The molecule has 4 nitrogen and oxygen atoms in total. The van der Waals surface area contributed by atoms with E-state index >= 15 is 0 Å². The fourth-order valence-corrected chi connectivity index (χ4v) is 1.79. The molecule has 0 radical (unpaired) electrons. The topological polar surface area (TPSA) is 53.8 Å². The molecule has 0 fully saturated rings. The van der Waals surface area contributed by atoms with Gasteiger partial charge in [-0.15, -0.1) is 0 Å². The van der Waals surface area contributed by atoms with Crippen LogP contribution in [0.1, 0.15) is 26.3 Å². The second-order valence-electron chi connectivity index (χ2n) is 4.62. The van der Waals surface area contributed by atoms with Gasteiger partial charge in [0.25, 0.3) is 0 Å². The number of carboxylic acids is 1. The highest BCUT2D eigenvalue weighted by atomic mass is 16.5. The van der Waals surface area contributed by atoms with Crippen LogP contribution in [0.2, 0.25) is 0 Å². The third-order valence-corrected chi connectivity index (χ3v) is 2.85. The number of benzene rings is 1. The van der Waals surface area contributed by atoms with Crippen LogP contribution >= 0.6 is 0 Å². The van der Waals surface area contributed by atoms with Crippen molar-refractivity contribution in [2.75, 3.05) is 13.2 Å². The Morgan fingerprint density at radius 1 is 1.33 bits per heavy atom. The summed E-state index contributed by atoms with van der Waals surface area (Å²) in [5.74, 6) is -0.170. The Morgan fingerprint density at radius 2 is 1.94 bits per heavy atom. The van der Waals surface area contributed by atoms with Gasteiger partial charge in [-0.05, 0) is 45.0 Å². The minimum absolute atomic E-state index is 0.0326. The lowest BCUT2D eigenvalue weighted by Crippen LogP contribution is -3.15. The molecular weight excluding hydrogens is 230 g/mol. The van der Waals surface area contributed by atoms with E-state index in [0.29, 0.717) is 13.2 Å². The van der Waals surface area contributed by atoms with Gasteiger partial charge in [0.1, 0.15) is 18.8 Å². The lowest BCUT2D eigenvalue weighted by molar-refractivity contribution is -0.929. The molecule has 1 atom stereocenters. The number of carbonyl (C=O) groups excluding carboxylic acids is 1. The molecule has 0 saturated carbocycles. The normalized spacial score (nSPS) is 12.4. The molecule has 18 heavy (non-hydrogen) atoms. The van der Waals surface area contributed by atoms with E-state index in [9.17, 15) is 9.90 Å². The van der Waals surface area contributed by atoms with Crippen LogP contribution in [-0.4, -0.2) is 25.2 Å². The summed E-state index contributed by atoms with van der Waals surface area (Å²) < 4.78 is 5.37. The summed E-state index contributed by atoms with van der Waals surface area (Å²) in [6, 6.07) is 8.02. The van der Waals surface area contributed by atoms with E-state index in [4.69, 9.17) is 4.74 Å². The van der Waals surface area contributed by atoms with Gasteiger partial charge in [-0.25, -0.2) is 0 Å². The van der Waals surface area contributed by atoms with E-state index < -0.39 is 5.97 Å². The summed E-state index contributed by atoms with van der Waals surface area (Å²) in [7, 11) is 0. The first kappa shape index (κ1) is 14.5. The molecular formula is C14H21NO3. The van der Waals surface area contributed by atoms with Crippen molar-refractivity contribution in [3.63, 3.8) is 0 Å². The van der Waals surface area contributed by atoms with Crippen LogP contribution in [0.15, 0.2) is 24.3 Å². The molecule has 4 heteroatoms. The quantitative estimate of drug-likeness (QED) is 0.719. The van der Waals surface area contributed by atoms with Gasteiger partial charge in [-0.1, -0.05) is 0 Å². The molecule has 0 aliphatic carbocycles. The fourth-order valence-electron chi connectivity index (χ4n) is 1.79. The Kier molecular flexibility index (Phi) is 5.65. The number of carbonyl (C=O) groups is 1. The van der Waals surface area contributed by atoms with Crippen molar-refractivity contribution in [1.82, 2.24) is 0 Å². The number of rotatable bonds is 7. The molecule has 0 amide bonds. The lowest BCUT2D eigenvalue weighted by atomic mass is 10.2. The summed E-state index contributed by atoms with van der Waals surface area (Å²) in [4.78, 5) is 11.7. The first-order chi connectivity index (χ1) is 8.52. The molecule has 1 aromatic rings. The van der Waals surface area contributed by atoms with Crippen LogP contribution in [0.25, 0.3) is 0 Å². The van der Waals surface area contributed by atoms with Crippen LogP contribution in [-0.2, 0) is 11.3 Å². The van der Waals surface area contributed by atoms with Gasteiger partial charge in [0.2, 0.25) is 0 Å². The summed E-state index contributed by atoms with van der Waals surface area (Å²) in [5.41, 5.74) is 1.10. The van der Waals surface area contributed by atoms with Crippen molar-refractivity contribution in [3.8, 4) is 5.75 Å². The second kappa shape index (κ2) is 7.01. The van der Waals surface area contributed by atoms with Gasteiger partial charge in [-0.2, -0.15) is 0 Å². The Morgan fingerprint density at radius 3 is 2.39 bits per heavy atom. The van der Waals surface area contributed by atoms with Gasteiger partial charge in [-0.3, -0.25) is 0 Å². The Hall–Kier alpha value is -1.55. The maximum Gasteiger partial charge on any atom is 0.119 e. The monoisotopic (exact) mass is 251 g/mol. The van der Waals surface area contributed by atoms with Crippen molar-refractivity contribution in [2.45, 2.75) is 33.4 Å². The first-order valence-electron chi connectivity index (χ1n) is 6.29. The van der Waals surface area contributed by atoms with E-state index in [1.807, 2.05) is 45.0 Å². The Bertz CT molecular complexity index is 373. The molecule has 0 aliphatic heterocycles. The van der Waals surface area contributed by atoms with Crippen molar-refractivity contribution < 1.29 is 19.5 Å². The van der Waals surface area contributed by atoms with E-state index in [0.717, 1.165) is 16.2 Å². The van der Waals surface area contributed by atoms with Gasteiger partial charge < -0.3 is 19.5 Å². The predicted octanol–water partition coefficient (Wildman–Crippen LogP) is -0.371. The lowest BCUT2D eigenvalue weighted by Gasteiger charge is -2.24. The Labute approximate surface area is 108 Å². The van der Waals surface area contributed by atoms with Gasteiger partial charge in [0, 0.05) is 5.56 Å². The molecule has 1 N–H and O–H groups in total. The van der Waals surface area contributed by atoms with Crippen LogP contribution in [0.4, 0.5) is 0 Å². The number of hydrogen-bond acceptors (Lipinski definition) is 3.